The number of aromatic amines is 1. The van der Waals surface area contributed by atoms with Crippen molar-refractivity contribution in [3.05, 3.63) is 48.8 Å². The molecular weight excluding hydrogens is 266 g/mol. The zero-order chi connectivity index (χ0) is 14.4. The lowest BCUT2D eigenvalue weighted by atomic mass is 10.2. The minimum atomic E-state index is 0.197. The maximum Gasteiger partial charge on any atom is 0.203 e. The van der Waals surface area contributed by atoms with Crippen molar-refractivity contribution in [3.8, 4) is 17.3 Å². The average Bonchev–Trinajstić information content (AvgIpc) is 3.11. The van der Waals surface area contributed by atoms with Crippen molar-refractivity contribution in [1.82, 2.24) is 14.8 Å². The van der Waals surface area contributed by atoms with Crippen molar-refractivity contribution in [1.29, 1.82) is 0 Å². The summed E-state index contributed by atoms with van der Waals surface area (Å²) in [6, 6.07) is 11.5. The van der Waals surface area contributed by atoms with Crippen LogP contribution in [0.5, 0.6) is 11.6 Å². The third-order valence-corrected chi connectivity index (χ3v) is 3.70. The summed E-state index contributed by atoms with van der Waals surface area (Å²) in [4.78, 5) is 0. The van der Waals surface area contributed by atoms with Crippen LogP contribution < -0.4 is 4.74 Å². The number of rotatable bonds is 2. The van der Waals surface area contributed by atoms with Crippen LogP contribution in [-0.2, 0) is 0 Å². The number of H-pyrrole nitrogens is 1. The van der Waals surface area contributed by atoms with E-state index in [1.54, 1.807) is 17.9 Å². The molecule has 0 saturated heterocycles. The van der Waals surface area contributed by atoms with Gasteiger partial charge >= 0.3 is 0 Å². The molecule has 2 heterocycles. The van der Waals surface area contributed by atoms with Crippen LogP contribution in [0.1, 0.15) is 0 Å². The molecule has 2 aromatic heterocycles. The zero-order valence-corrected chi connectivity index (χ0v) is 11.4. The topological polar surface area (TPSA) is 63.1 Å². The monoisotopic (exact) mass is 279 g/mol. The van der Waals surface area contributed by atoms with Gasteiger partial charge in [-0.1, -0.05) is 0 Å². The number of nitrogens with zero attached hydrogens (tertiary/aromatic N) is 2. The summed E-state index contributed by atoms with van der Waals surface area (Å²) in [5, 5.41) is 20.2. The van der Waals surface area contributed by atoms with Gasteiger partial charge in [0.25, 0.3) is 0 Å². The van der Waals surface area contributed by atoms with E-state index in [4.69, 9.17) is 4.74 Å². The Bertz CT molecular complexity index is 953. The molecule has 0 amide bonds. The first-order valence-corrected chi connectivity index (χ1v) is 6.58. The molecule has 5 nitrogen and oxygen atoms in total. The van der Waals surface area contributed by atoms with Crippen LogP contribution in [0.3, 0.4) is 0 Å². The molecule has 0 saturated carbocycles. The van der Waals surface area contributed by atoms with Crippen molar-refractivity contribution in [2.75, 3.05) is 7.11 Å². The highest BCUT2D eigenvalue weighted by Crippen LogP contribution is 2.33. The van der Waals surface area contributed by atoms with Crippen molar-refractivity contribution in [3.63, 3.8) is 0 Å². The fourth-order valence-electron chi connectivity index (χ4n) is 2.57. The van der Waals surface area contributed by atoms with Gasteiger partial charge in [0.1, 0.15) is 5.75 Å². The number of methoxy groups -OCH3 is 1. The largest absolute Gasteiger partial charge is 0.497 e. The second kappa shape index (κ2) is 4.28. The highest BCUT2D eigenvalue weighted by atomic mass is 16.5. The van der Waals surface area contributed by atoms with Crippen LogP contribution in [0.15, 0.2) is 48.8 Å². The first kappa shape index (κ1) is 11.8. The normalized spacial score (nSPS) is 11.3. The van der Waals surface area contributed by atoms with Crippen LogP contribution in [0.4, 0.5) is 0 Å². The Morgan fingerprint density at radius 2 is 2.00 bits per heavy atom. The zero-order valence-electron chi connectivity index (χ0n) is 11.4. The summed E-state index contributed by atoms with van der Waals surface area (Å²) < 4.78 is 6.96. The number of hydrogen-bond acceptors (Lipinski definition) is 3. The van der Waals surface area contributed by atoms with Crippen molar-refractivity contribution < 1.29 is 9.84 Å². The molecule has 0 spiro atoms. The summed E-state index contributed by atoms with van der Waals surface area (Å²) in [6.45, 7) is 0. The number of nitrogens with one attached hydrogen (secondary N) is 1. The van der Waals surface area contributed by atoms with Crippen molar-refractivity contribution in [2.45, 2.75) is 0 Å². The summed E-state index contributed by atoms with van der Waals surface area (Å²) in [5.74, 6) is 0.919. The summed E-state index contributed by atoms with van der Waals surface area (Å²) in [5.41, 5.74) is 1.81. The third kappa shape index (κ3) is 1.74. The fourth-order valence-corrected chi connectivity index (χ4v) is 2.57. The van der Waals surface area contributed by atoms with E-state index in [0.717, 1.165) is 33.1 Å². The van der Waals surface area contributed by atoms with Gasteiger partial charge in [0.15, 0.2) is 0 Å². The van der Waals surface area contributed by atoms with Gasteiger partial charge in [-0.3, -0.25) is 9.67 Å². The molecular formula is C16H13N3O2. The van der Waals surface area contributed by atoms with Crippen LogP contribution in [0.25, 0.3) is 27.4 Å². The second-order valence-corrected chi connectivity index (χ2v) is 4.92. The molecule has 2 aromatic carbocycles. The van der Waals surface area contributed by atoms with E-state index in [0.29, 0.717) is 0 Å². The quantitative estimate of drug-likeness (QED) is 0.592. The lowest BCUT2D eigenvalue weighted by Crippen LogP contribution is -1.90. The number of fused-ring (bicyclic) bond motifs is 2. The molecule has 0 atom stereocenters. The predicted octanol–water partition coefficient (Wildman–Crippen LogP) is 3.22. The number of ether oxygens (including phenoxy) is 1. The molecule has 0 fully saturated rings. The Labute approximate surface area is 120 Å². The second-order valence-electron chi connectivity index (χ2n) is 4.92. The third-order valence-electron chi connectivity index (χ3n) is 3.70. The molecule has 0 radical (unpaired) electrons. The molecule has 2 N–H and O–H groups in total. The lowest BCUT2D eigenvalue weighted by Gasteiger charge is -2.04. The summed E-state index contributed by atoms with van der Waals surface area (Å²) in [6.07, 6.45) is 3.68. The van der Waals surface area contributed by atoms with E-state index in [2.05, 4.69) is 10.2 Å². The van der Waals surface area contributed by atoms with E-state index in [9.17, 15) is 5.11 Å². The Balaban J connectivity index is 1.94. The maximum atomic E-state index is 10.5. The molecule has 4 rings (SSSR count). The highest BCUT2D eigenvalue weighted by molar-refractivity contribution is 5.90. The first-order valence-electron chi connectivity index (χ1n) is 6.58. The van der Waals surface area contributed by atoms with Crippen molar-refractivity contribution >= 4 is 21.7 Å². The molecule has 0 bridgehead atoms. The summed E-state index contributed by atoms with van der Waals surface area (Å²) in [7, 11) is 1.61. The van der Waals surface area contributed by atoms with E-state index in [-0.39, 0.29) is 5.88 Å². The first-order chi connectivity index (χ1) is 10.3. The van der Waals surface area contributed by atoms with Gasteiger partial charge < -0.3 is 9.84 Å². The predicted molar refractivity (Wildman–Crippen MR) is 81.1 cm³/mol. The van der Waals surface area contributed by atoms with Gasteiger partial charge in [-0.2, -0.15) is 5.10 Å². The van der Waals surface area contributed by atoms with Crippen LogP contribution in [0.2, 0.25) is 0 Å². The highest BCUT2D eigenvalue weighted by Gasteiger charge is 2.11. The van der Waals surface area contributed by atoms with Gasteiger partial charge in [0.2, 0.25) is 5.88 Å². The molecule has 0 aliphatic heterocycles. The minimum Gasteiger partial charge on any atom is -0.497 e. The van der Waals surface area contributed by atoms with Crippen LogP contribution >= 0.6 is 0 Å². The van der Waals surface area contributed by atoms with E-state index < -0.39 is 0 Å². The number of hydrogen-bond donors (Lipinski definition) is 2. The van der Waals surface area contributed by atoms with Crippen LogP contribution in [-0.4, -0.2) is 27.0 Å². The van der Waals surface area contributed by atoms with E-state index in [1.807, 2.05) is 42.6 Å². The molecule has 0 aliphatic rings. The SMILES string of the molecule is COc1ccc2cn(-c3ccc4cn[nH]c4c3)c(O)c2c1. The van der Waals surface area contributed by atoms with Crippen LogP contribution in [0, 0.1) is 0 Å². The number of aromatic nitrogens is 3. The minimum absolute atomic E-state index is 0.197. The van der Waals surface area contributed by atoms with E-state index >= 15 is 0 Å². The van der Waals surface area contributed by atoms with E-state index in [1.165, 1.54) is 0 Å². The van der Waals surface area contributed by atoms with Gasteiger partial charge in [-0.15, -0.1) is 0 Å². The maximum absolute atomic E-state index is 10.5. The smallest absolute Gasteiger partial charge is 0.203 e. The molecule has 21 heavy (non-hydrogen) atoms. The van der Waals surface area contributed by atoms with Gasteiger partial charge in [0.05, 0.1) is 24.5 Å². The van der Waals surface area contributed by atoms with Gasteiger partial charge in [0, 0.05) is 22.4 Å². The van der Waals surface area contributed by atoms with Gasteiger partial charge in [-0.05, 0) is 36.4 Å². The van der Waals surface area contributed by atoms with Gasteiger partial charge in [-0.25, -0.2) is 0 Å². The average molecular weight is 279 g/mol. The van der Waals surface area contributed by atoms with Crippen molar-refractivity contribution in [2.24, 2.45) is 0 Å². The Morgan fingerprint density at radius 1 is 1.14 bits per heavy atom. The number of aromatic hydroxyl groups is 1. The summed E-state index contributed by atoms with van der Waals surface area (Å²) >= 11 is 0. The number of benzene rings is 2. The fraction of sp³-hybridized carbons (Fsp3) is 0.0625. The molecule has 0 aliphatic carbocycles. The molecule has 0 unspecified atom stereocenters. The Hall–Kier alpha value is -2.95. The molecule has 104 valence electrons. The Kier molecular flexibility index (Phi) is 2.41. The lowest BCUT2D eigenvalue weighted by molar-refractivity contribution is 0.414. The Morgan fingerprint density at radius 3 is 2.86 bits per heavy atom. The molecule has 5 heteroatoms. The standard InChI is InChI=1S/C16H13N3O2/c1-21-13-5-3-11-9-19(16(20)14(11)7-13)12-4-2-10-8-17-18-15(10)6-12/h2-9,20H,1H3,(H,17,18). The molecule has 4 aromatic rings.